The summed E-state index contributed by atoms with van der Waals surface area (Å²) in [7, 11) is 0. The Morgan fingerprint density at radius 1 is 1.31 bits per heavy atom. The zero-order valence-corrected chi connectivity index (χ0v) is 9.47. The fourth-order valence-corrected chi connectivity index (χ4v) is 0.949. The van der Waals surface area contributed by atoms with E-state index in [4.69, 9.17) is 4.74 Å². The van der Waals surface area contributed by atoms with E-state index in [1.54, 1.807) is 0 Å². The molecule has 1 unspecified atom stereocenters. The second-order valence-corrected chi connectivity index (χ2v) is 3.59. The first kappa shape index (κ1) is 12.5. The van der Waals surface area contributed by atoms with Gasteiger partial charge in [0.15, 0.2) is 0 Å². The Bertz CT molecular complexity index is 134. The van der Waals surface area contributed by atoms with E-state index in [0.29, 0.717) is 0 Å². The SMILES string of the molecule is C[CH]C(C)(CC)OC=CCCCC. The van der Waals surface area contributed by atoms with Gasteiger partial charge < -0.3 is 4.74 Å². The highest BCUT2D eigenvalue weighted by molar-refractivity contribution is 4.89. The molecule has 0 fully saturated rings. The van der Waals surface area contributed by atoms with Gasteiger partial charge in [0, 0.05) is 6.42 Å². The molecule has 0 N–H and O–H groups in total. The highest BCUT2D eigenvalue weighted by Gasteiger charge is 2.19. The lowest BCUT2D eigenvalue weighted by Gasteiger charge is -2.25. The molecule has 1 heteroatoms. The summed E-state index contributed by atoms with van der Waals surface area (Å²) in [5, 5.41) is 0. The molecule has 0 aliphatic carbocycles. The van der Waals surface area contributed by atoms with Crippen LogP contribution in [0.3, 0.4) is 0 Å². The second-order valence-electron chi connectivity index (χ2n) is 3.59. The molecule has 1 radical (unpaired) electrons. The number of unbranched alkanes of at least 4 members (excludes halogenated alkanes) is 2. The Labute approximate surface area is 83.2 Å². The first-order chi connectivity index (χ1) is 6.18. The van der Waals surface area contributed by atoms with Crippen LogP contribution in [0.4, 0.5) is 0 Å². The minimum Gasteiger partial charge on any atom is -0.495 e. The van der Waals surface area contributed by atoms with Crippen LogP contribution in [-0.2, 0) is 4.74 Å². The fourth-order valence-electron chi connectivity index (χ4n) is 0.949. The number of ether oxygens (including phenoxy) is 1. The molecule has 0 bridgehead atoms. The third kappa shape index (κ3) is 5.73. The summed E-state index contributed by atoms with van der Waals surface area (Å²) in [6.45, 7) is 8.49. The Morgan fingerprint density at radius 3 is 2.46 bits per heavy atom. The summed E-state index contributed by atoms with van der Waals surface area (Å²) in [5.74, 6) is 0. The molecule has 0 spiro atoms. The summed E-state index contributed by atoms with van der Waals surface area (Å²) in [6, 6.07) is 0. The van der Waals surface area contributed by atoms with Crippen molar-refractivity contribution >= 4 is 0 Å². The van der Waals surface area contributed by atoms with Gasteiger partial charge in [-0.3, -0.25) is 0 Å². The summed E-state index contributed by atoms with van der Waals surface area (Å²) >= 11 is 0. The van der Waals surface area contributed by atoms with E-state index in [1.165, 1.54) is 12.8 Å². The van der Waals surface area contributed by atoms with Crippen molar-refractivity contribution < 1.29 is 4.74 Å². The van der Waals surface area contributed by atoms with Gasteiger partial charge in [-0.1, -0.05) is 27.2 Å². The maximum atomic E-state index is 5.64. The average molecular weight is 183 g/mol. The zero-order chi connectivity index (χ0) is 10.2. The summed E-state index contributed by atoms with van der Waals surface area (Å²) in [5.41, 5.74) is -0.0806. The molecule has 0 aromatic rings. The van der Waals surface area contributed by atoms with Gasteiger partial charge in [0.2, 0.25) is 0 Å². The molecule has 0 rings (SSSR count). The van der Waals surface area contributed by atoms with Crippen molar-refractivity contribution in [3.63, 3.8) is 0 Å². The smallest absolute Gasteiger partial charge is 0.108 e. The molecule has 0 aromatic heterocycles. The molecular formula is C12H23O. The lowest BCUT2D eigenvalue weighted by molar-refractivity contribution is 0.0668. The zero-order valence-electron chi connectivity index (χ0n) is 9.47. The van der Waals surface area contributed by atoms with Crippen LogP contribution in [0.15, 0.2) is 12.3 Å². The van der Waals surface area contributed by atoms with Gasteiger partial charge in [-0.15, -0.1) is 0 Å². The minimum atomic E-state index is -0.0806. The van der Waals surface area contributed by atoms with E-state index < -0.39 is 0 Å². The van der Waals surface area contributed by atoms with Crippen molar-refractivity contribution in [2.45, 2.75) is 59.0 Å². The van der Waals surface area contributed by atoms with Gasteiger partial charge in [-0.05, 0) is 32.3 Å². The lowest BCUT2D eigenvalue weighted by Crippen LogP contribution is -2.24. The Hall–Kier alpha value is -0.460. The van der Waals surface area contributed by atoms with Crippen LogP contribution in [0.5, 0.6) is 0 Å². The highest BCUT2D eigenvalue weighted by Crippen LogP contribution is 2.18. The highest BCUT2D eigenvalue weighted by atomic mass is 16.5. The summed E-state index contributed by atoms with van der Waals surface area (Å²) in [6.07, 6.45) is 10.7. The van der Waals surface area contributed by atoms with Crippen molar-refractivity contribution in [2.75, 3.05) is 0 Å². The molecule has 13 heavy (non-hydrogen) atoms. The van der Waals surface area contributed by atoms with Crippen LogP contribution in [-0.4, -0.2) is 5.60 Å². The molecule has 0 saturated heterocycles. The summed E-state index contributed by atoms with van der Waals surface area (Å²) < 4.78 is 5.64. The van der Waals surface area contributed by atoms with Crippen LogP contribution in [0, 0.1) is 6.42 Å². The lowest BCUT2D eigenvalue weighted by atomic mass is 10.0. The molecule has 0 aliphatic heterocycles. The molecule has 0 heterocycles. The van der Waals surface area contributed by atoms with E-state index in [9.17, 15) is 0 Å². The average Bonchev–Trinajstić information content (AvgIpc) is 2.17. The van der Waals surface area contributed by atoms with E-state index in [1.807, 2.05) is 13.2 Å². The topological polar surface area (TPSA) is 9.23 Å². The maximum Gasteiger partial charge on any atom is 0.108 e. The Morgan fingerprint density at radius 2 is 2.00 bits per heavy atom. The minimum absolute atomic E-state index is 0.0806. The molecule has 1 atom stereocenters. The van der Waals surface area contributed by atoms with Gasteiger partial charge in [0.25, 0.3) is 0 Å². The number of rotatable bonds is 7. The quantitative estimate of drug-likeness (QED) is 0.426. The Balaban J connectivity index is 3.65. The predicted molar refractivity (Wildman–Crippen MR) is 58.4 cm³/mol. The largest absolute Gasteiger partial charge is 0.495 e. The van der Waals surface area contributed by atoms with Gasteiger partial charge in [0.05, 0.1) is 6.26 Å². The van der Waals surface area contributed by atoms with Crippen molar-refractivity contribution in [1.82, 2.24) is 0 Å². The van der Waals surface area contributed by atoms with Crippen molar-refractivity contribution in [2.24, 2.45) is 0 Å². The van der Waals surface area contributed by atoms with Gasteiger partial charge in [0.1, 0.15) is 5.60 Å². The standard InChI is InChI=1S/C12H23O/c1-5-8-9-10-11-13-12(4,6-2)7-3/h6,10-11H,5,7-9H2,1-4H3. The number of hydrogen-bond acceptors (Lipinski definition) is 1. The first-order valence-corrected chi connectivity index (χ1v) is 5.32. The molecule has 0 amide bonds. The molecule has 0 saturated carbocycles. The van der Waals surface area contributed by atoms with E-state index in [2.05, 4.69) is 33.3 Å². The van der Waals surface area contributed by atoms with E-state index in [0.717, 1.165) is 12.8 Å². The first-order valence-electron chi connectivity index (χ1n) is 5.32. The number of hydrogen-bond donors (Lipinski definition) is 0. The molecule has 0 aromatic carbocycles. The fraction of sp³-hybridized carbons (Fsp3) is 0.750. The molecule has 0 aliphatic rings. The van der Waals surface area contributed by atoms with Crippen LogP contribution >= 0.6 is 0 Å². The summed E-state index contributed by atoms with van der Waals surface area (Å²) in [4.78, 5) is 0. The van der Waals surface area contributed by atoms with Gasteiger partial charge in [-0.2, -0.15) is 0 Å². The van der Waals surface area contributed by atoms with Crippen molar-refractivity contribution in [1.29, 1.82) is 0 Å². The van der Waals surface area contributed by atoms with Gasteiger partial charge in [-0.25, -0.2) is 0 Å². The van der Waals surface area contributed by atoms with Gasteiger partial charge >= 0.3 is 0 Å². The molecule has 77 valence electrons. The Kier molecular flexibility index (Phi) is 6.75. The van der Waals surface area contributed by atoms with E-state index >= 15 is 0 Å². The van der Waals surface area contributed by atoms with Crippen LogP contribution in [0.2, 0.25) is 0 Å². The van der Waals surface area contributed by atoms with Crippen LogP contribution in [0.1, 0.15) is 53.4 Å². The van der Waals surface area contributed by atoms with Crippen molar-refractivity contribution in [3.05, 3.63) is 18.8 Å². The second kappa shape index (κ2) is 6.99. The van der Waals surface area contributed by atoms with Crippen LogP contribution < -0.4 is 0 Å². The maximum absolute atomic E-state index is 5.64. The molecular weight excluding hydrogens is 160 g/mol. The monoisotopic (exact) mass is 183 g/mol. The molecule has 1 nitrogen and oxygen atoms in total. The third-order valence-electron chi connectivity index (χ3n) is 2.47. The number of allylic oxidation sites excluding steroid dienone is 1. The normalized spacial score (nSPS) is 12.3. The van der Waals surface area contributed by atoms with Crippen molar-refractivity contribution in [3.8, 4) is 0 Å². The van der Waals surface area contributed by atoms with E-state index in [-0.39, 0.29) is 5.60 Å². The van der Waals surface area contributed by atoms with Crippen LogP contribution in [0.25, 0.3) is 0 Å². The third-order valence-corrected chi connectivity index (χ3v) is 2.47. The predicted octanol–water partition coefficient (Wildman–Crippen LogP) is 4.10.